The van der Waals surface area contributed by atoms with E-state index in [0.717, 1.165) is 5.56 Å². The lowest BCUT2D eigenvalue weighted by Gasteiger charge is -2.05. The Morgan fingerprint density at radius 1 is 1.00 bits per heavy atom. The summed E-state index contributed by atoms with van der Waals surface area (Å²) < 4.78 is 5.57. The highest BCUT2D eigenvalue weighted by atomic mass is 35.5. The van der Waals surface area contributed by atoms with Gasteiger partial charge in [-0.1, -0.05) is 41.4 Å². The molecule has 5 nitrogen and oxygen atoms in total. The number of rotatable bonds is 5. The first kappa shape index (κ1) is 18.0. The van der Waals surface area contributed by atoms with Crippen molar-refractivity contribution in [3.8, 4) is 11.3 Å². The summed E-state index contributed by atoms with van der Waals surface area (Å²) in [6.07, 6.45) is 0. The van der Waals surface area contributed by atoms with Gasteiger partial charge in [0.2, 0.25) is 0 Å². The van der Waals surface area contributed by atoms with Crippen molar-refractivity contribution in [2.75, 3.05) is 0 Å². The summed E-state index contributed by atoms with van der Waals surface area (Å²) in [6.45, 7) is 0.243. The van der Waals surface area contributed by atoms with Crippen LogP contribution in [0.15, 0.2) is 59.0 Å². The number of carboxylic acid groups (broad SMARTS) is 1. The number of hydrogen-bond donors (Lipinski definition) is 2. The molecular formula is C19H13Cl2NO4. The van der Waals surface area contributed by atoms with Crippen LogP contribution in [0.4, 0.5) is 0 Å². The average molecular weight is 390 g/mol. The lowest BCUT2D eigenvalue weighted by atomic mass is 10.1. The van der Waals surface area contributed by atoms with Crippen molar-refractivity contribution < 1.29 is 19.1 Å². The molecule has 0 radical (unpaired) electrons. The molecule has 7 heteroatoms. The van der Waals surface area contributed by atoms with Crippen LogP contribution in [0.1, 0.15) is 26.5 Å². The summed E-state index contributed by atoms with van der Waals surface area (Å²) in [4.78, 5) is 23.1. The molecule has 1 amide bonds. The normalized spacial score (nSPS) is 10.5. The molecule has 1 heterocycles. The molecule has 0 saturated carbocycles. The Bertz CT molecular complexity index is 964. The van der Waals surface area contributed by atoms with Crippen LogP contribution in [-0.4, -0.2) is 17.0 Å². The fourth-order valence-electron chi connectivity index (χ4n) is 2.33. The minimum absolute atomic E-state index is 0.137. The van der Waals surface area contributed by atoms with Crippen LogP contribution in [0, 0.1) is 0 Å². The average Bonchev–Trinajstić information content (AvgIpc) is 3.12. The van der Waals surface area contributed by atoms with Gasteiger partial charge in [0.05, 0.1) is 15.6 Å². The van der Waals surface area contributed by atoms with Gasteiger partial charge in [-0.25, -0.2) is 4.79 Å². The van der Waals surface area contributed by atoms with Crippen LogP contribution in [0.5, 0.6) is 0 Å². The highest BCUT2D eigenvalue weighted by Gasteiger charge is 2.15. The van der Waals surface area contributed by atoms with E-state index >= 15 is 0 Å². The van der Waals surface area contributed by atoms with Crippen molar-refractivity contribution in [2.45, 2.75) is 6.54 Å². The predicted octanol–water partition coefficient (Wildman–Crippen LogP) is 4.88. The van der Waals surface area contributed by atoms with E-state index in [1.165, 1.54) is 12.1 Å². The molecule has 132 valence electrons. The van der Waals surface area contributed by atoms with Gasteiger partial charge in [0.15, 0.2) is 5.76 Å². The van der Waals surface area contributed by atoms with Gasteiger partial charge < -0.3 is 14.8 Å². The van der Waals surface area contributed by atoms with Gasteiger partial charge in [-0.05, 0) is 42.0 Å². The van der Waals surface area contributed by atoms with Crippen LogP contribution >= 0.6 is 23.2 Å². The number of nitrogens with one attached hydrogen (secondary N) is 1. The van der Waals surface area contributed by atoms with Crippen LogP contribution in [0.25, 0.3) is 11.3 Å². The highest BCUT2D eigenvalue weighted by molar-refractivity contribution is 6.43. The molecular weight excluding hydrogens is 377 g/mol. The molecule has 0 unspecified atom stereocenters. The minimum atomic E-state index is -0.997. The van der Waals surface area contributed by atoms with E-state index in [0.29, 0.717) is 21.4 Å². The van der Waals surface area contributed by atoms with E-state index in [4.69, 9.17) is 32.7 Å². The monoisotopic (exact) mass is 389 g/mol. The molecule has 0 aliphatic heterocycles. The molecule has 0 aliphatic rings. The van der Waals surface area contributed by atoms with Gasteiger partial charge in [0, 0.05) is 12.1 Å². The standard InChI is InChI=1S/C19H13Cl2NO4/c20-14-3-1-2-13(17(14)21)15-8-9-16(26-15)18(23)22-10-11-4-6-12(7-5-11)19(24)25/h1-9H,10H2,(H,22,23)(H,24,25). The topological polar surface area (TPSA) is 79.5 Å². The number of furan rings is 1. The SMILES string of the molecule is O=C(O)c1ccc(CNC(=O)c2ccc(-c3cccc(Cl)c3Cl)o2)cc1. The molecule has 26 heavy (non-hydrogen) atoms. The zero-order chi connectivity index (χ0) is 18.7. The van der Waals surface area contributed by atoms with Gasteiger partial charge in [0.1, 0.15) is 5.76 Å². The number of halogens is 2. The number of aromatic carboxylic acids is 1. The van der Waals surface area contributed by atoms with Gasteiger partial charge in [-0.15, -0.1) is 0 Å². The molecule has 0 fully saturated rings. The largest absolute Gasteiger partial charge is 0.478 e. The Labute approximate surface area is 159 Å². The molecule has 0 spiro atoms. The van der Waals surface area contributed by atoms with Gasteiger partial charge in [-0.2, -0.15) is 0 Å². The van der Waals surface area contributed by atoms with Gasteiger partial charge in [-0.3, -0.25) is 4.79 Å². The second-order valence-electron chi connectivity index (χ2n) is 5.45. The summed E-state index contributed by atoms with van der Waals surface area (Å²) in [5.41, 5.74) is 1.56. The van der Waals surface area contributed by atoms with Crippen molar-refractivity contribution in [1.82, 2.24) is 5.32 Å². The quantitative estimate of drug-likeness (QED) is 0.651. The number of hydrogen-bond acceptors (Lipinski definition) is 3. The number of benzene rings is 2. The van der Waals surface area contributed by atoms with Crippen molar-refractivity contribution >= 4 is 35.1 Å². The van der Waals surface area contributed by atoms with Crippen LogP contribution < -0.4 is 5.32 Å². The summed E-state index contributed by atoms with van der Waals surface area (Å²) in [7, 11) is 0. The molecule has 1 aromatic heterocycles. The molecule has 0 saturated heterocycles. The maximum Gasteiger partial charge on any atom is 0.335 e. The fraction of sp³-hybridized carbons (Fsp3) is 0.0526. The van der Waals surface area contributed by atoms with Gasteiger partial charge in [0.25, 0.3) is 5.91 Å². The van der Waals surface area contributed by atoms with Crippen LogP contribution in [0.3, 0.4) is 0 Å². The van der Waals surface area contributed by atoms with Crippen molar-refractivity contribution in [3.05, 3.63) is 81.5 Å². The Morgan fingerprint density at radius 3 is 2.42 bits per heavy atom. The predicted molar refractivity (Wildman–Crippen MR) is 98.7 cm³/mol. The number of carbonyl (C=O) groups excluding carboxylic acids is 1. The zero-order valence-corrected chi connectivity index (χ0v) is 14.8. The first-order valence-electron chi connectivity index (χ1n) is 7.60. The summed E-state index contributed by atoms with van der Waals surface area (Å²) in [5.74, 6) is -0.813. The number of amides is 1. The third-order valence-corrected chi connectivity index (χ3v) is 4.52. The van der Waals surface area contributed by atoms with Crippen molar-refractivity contribution in [1.29, 1.82) is 0 Å². The smallest absolute Gasteiger partial charge is 0.335 e. The van der Waals surface area contributed by atoms with Crippen LogP contribution in [-0.2, 0) is 6.54 Å². The van der Waals surface area contributed by atoms with Crippen LogP contribution in [0.2, 0.25) is 10.0 Å². The van der Waals surface area contributed by atoms with E-state index in [-0.39, 0.29) is 17.9 Å². The highest BCUT2D eigenvalue weighted by Crippen LogP contribution is 2.34. The summed E-state index contributed by atoms with van der Waals surface area (Å²) in [6, 6.07) is 14.6. The number of carbonyl (C=O) groups is 2. The van der Waals surface area contributed by atoms with E-state index in [1.807, 2.05) is 0 Å². The van der Waals surface area contributed by atoms with E-state index in [1.54, 1.807) is 42.5 Å². The fourth-order valence-corrected chi connectivity index (χ4v) is 2.73. The molecule has 2 aromatic carbocycles. The van der Waals surface area contributed by atoms with Gasteiger partial charge >= 0.3 is 5.97 Å². The summed E-state index contributed by atoms with van der Waals surface area (Å²) >= 11 is 12.2. The maximum atomic E-state index is 12.2. The second kappa shape index (κ2) is 7.64. The molecule has 0 aliphatic carbocycles. The lowest BCUT2D eigenvalue weighted by Crippen LogP contribution is -2.22. The first-order chi connectivity index (χ1) is 12.5. The molecule has 3 aromatic rings. The molecule has 0 atom stereocenters. The third-order valence-electron chi connectivity index (χ3n) is 3.70. The first-order valence-corrected chi connectivity index (χ1v) is 8.36. The Morgan fingerprint density at radius 2 is 1.73 bits per heavy atom. The third kappa shape index (κ3) is 3.90. The van der Waals surface area contributed by atoms with E-state index in [2.05, 4.69) is 5.32 Å². The second-order valence-corrected chi connectivity index (χ2v) is 6.24. The number of carboxylic acids is 1. The molecule has 0 bridgehead atoms. The molecule has 2 N–H and O–H groups in total. The van der Waals surface area contributed by atoms with E-state index in [9.17, 15) is 9.59 Å². The maximum absolute atomic E-state index is 12.2. The van der Waals surface area contributed by atoms with E-state index < -0.39 is 11.9 Å². The Hall–Kier alpha value is -2.76. The summed E-state index contributed by atoms with van der Waals surface area (Å²) in [5, 5.41) is 12.3. The lowest BCUT2D eigenvalue weighted by molar-refractivity contribution is 0.0696. The Balaban J connectivity index is 1.68. The van der Waals surface area contributed by atoms with Crippen molar-refractivity contribution in [3.63, 3.8) is 0 Å². The molecule has 3 rings (SSSR count). The minimum Gasteiger partial charge on any atom is -0.478 e. The van der Waals surface area contributed by atoms with Crippen molar-refractivity contribution in [2.24, 2.45) is 0 Å². The zero-order valence-electron chi connectivity index (χ0n) is 13.3. The Kier molecular flexibility index (Phi) is 5.30.